The molecule has 0 amide bonds. The summed E-state index contributed by atoms with van der Waals surface area (Å²) < 4.78 is 7.23. The second-order valence-corrected chi connectivity index (χ2v) is 5.90. The molecule has 3 rings (SSSR count). The smallest absolute Gasteiger partial charge is 0.354 e. The quantitative estimate of drug-likeness (QED) is 0.929. The van der Waals surface area contributed by atoms with E-state index in [9.17, 15) is 9.90 Å². The fourth-order valence-electron chi connectivity index (χ4n) is 3.31. The molecule has 0 aromatic carbocycles. The van der Waals surface area contributed by atoms with Gasteiger partial charge in [-0.25, -0.2) is 9.78 Å². The van der Waals surface area contributed by atoms with Crippen molar-refractivity contribution in [2.75, 3.05) is 24.7 Å². The van der Waals surface area contributed by atoms with E-state index in [4.69, 9.17) is 4.74 Å². The van der Waals surface area contributed by atoms with E-state index in [1.54, 1.807) is 4.52 Å². The topological polar surface area (TPSA) is 80.0 Å². The minimum atomic E-state index is -1.01. The summed E-state index contributed by atoms with van der Waals surface area (Å²) in [5, 5.41) is 14.0. The van der Waals surface area contributed by atoms with Gasteiger partial charge in [0.05, 0.1) is 5.69 Å². The van der Waals surface area contributed by atoms with Crippen molar-refractivity contribution in [1.82, 2.24) is 14.6 Å². The molecule has 2 aromatic rings. The average Bonchev–Trinajstić information content (AvgIpc) is 2.90. The zero-order chi connectivity index (χ0) is 16.6. The maximum Gasteiger partial charge on any atom is 0.354 e. The first-order valence-corrected chi connectivity index (χ1v) is 7.97. The number of hydrogen-bond acceptors (Lipinski definition) is 5. The monoisotopic (exact) mass is 318 g/mol. The van der Waals surface area contributed by atoms with Gasteiger partial charge in [-0.1, -0.05) is 0 Å². The van der Waals surface area contributed by atoms with Crippen molar-refractivity contribution < 1.29 is 14.6 Å². The number of aryl methyl sites for hydroxylation is 1. The van der Waals surface area contributed by atoms with E-state index in [1.807, 2.05) is 19.9 Å². The van der Waals surface area contributed by atoms with Gasteiger partial charge < -0.3 is 14.7 Å². The van der Waals surface area contributed by atoms with Crippen LogP contribution in [0, 0.1) is 13.8 Å². The van der Waals surface area contributed by atoms with Crippen LogP contribution in [0.3, 0.4) is 0 Å². The molecule has 23 heavy (non-hydrogen) atoms. The van der Waals surface area contributed by atoms with Gasteiger partial charge in [0.25, 0.3) is 0 Å². The van der Waals surface area contributed by atoms with Crippen molar-refractivity contribution in [3.8, 4) is 0 Å². The second-order valence-electron chi connectivity index (χ2n) is 5.90. The Hall–Kier alpha value is -2.15. The molecule has 3 heterocycles. The van der Waals surface area contributed by atoms with Crippen LogP contribution in [0.5, 0.6) is 0 Å². The third kappa shape index (κ3) is 2.76. The molecular weight excluding hydrogens is 296 g/mol. The van der Waals surface area contributed by atoms with Gasteiger partial charge in [-0.3, -0.25) is 0 Å². The van der Waals surface area contributed by atoms with Crippen LogP contribution in [0.4, 0.5) is 5.82 Å². The van der Waals surface area contributed by atoms with E-state index in [-0.39, 0.29) is 5.69 Å². The molecule has 7 nitrogen and oxygen atoms in total. The van der Waals surface area contributed by atoms with Crippen molar-refractivity contribution in [3.63, 3.8) is 0 Å². The summed E-state index contributed by atoms with van der Waals surface area (Å²) in [5.74, 6) is -0.178. The highest BCUT2D eigenvalue weighted by atomic mass is 16.5. The first kappa shape index (κ1) is 15.7. The van der Waals surface area contributed by atoms with Crippen molar-refractivity contribution in [3.05, 3.63) is 23.0 Å². The molecule has 0 unspecified atom stereocenters. The molecule has 1 saturated heterocycles. The summed E-state index contributed by atoms with van der Waals surface area (Å²) in [6.45, 7) is 8.03. The fraction of sp³-hybridized carbons (Fsp3) is 0.562. The minimum Gasteiger partial charge on any atom is -0.476 e. The lowest BCUT2D eigenvalue weighted by Gasteiger charge is -2.36. The summed E-state index contributed by atoms with van der Waals surface area (Å²) >= 11 is 0. The Balaban J connectivity index is 2.20. The summed E-state index contributed by atoms with van der Waals surface area (Å²) in [6, 6.07) is 2.14. The Morgan fingerprint density at radius 3 is 2.74 bits per heavy atom. The third-order valence-electron chi connectivity index (χ3n) is 4.38. The third-order valence-corrected chi connectivity index (χ3v) is 4.38. The Bertz CT molecular complexity index is 734. The number of ether oxygens (including phenoxy) is 1. The summed E-state index contributed by atoms with van der Waals surface area (Å²) in [7, 11) is 0. The second kappa shape index (κ2) is 6.16. The largest absolute Gasteiger partial charge is 0.476 e. The van der Waals surface area contributed by atoms with Crippen LogP contribution in [-0.2, 0) is 4.74 Å². The first-order chi connectivity index (χ1) is 11.0. The number of anilines is 1. The SMILES string of the molecule is CCN(c1c(C)c(C(=O)O)nc2cc(C)nn12)C1CCOCC1. The highest BCUT2D eigenvalue weighted by Crippen LogP contribution is 2.28. The molecule has 1 aliphatic rings. The van der Waals surface area contributed by atoms with Crippen molar-refractivity contribution in [2.45, 2.75) is 39.7 Å². The minimum absolute atomic E-state index is 0.0953. The van der Waals surface area contributed by atoms with Gasteiger partial charge >= 0.3 is 5.97 Å². The van der Waals surface area contributed by atoms with Gasteiger partial charge in [0.2, 0.25) is 0 Å². The molecule has 0 radical (unpaired) electrons. The number of carbonyl (C=O) groups is 1. The standard InChI is InChI=1S/C16H22N4O3/c1-4-19(12-5-7-23-8-6-12)15-11(3)14(16(21)22)17-13-9-10(2)18-20(13)15/h9,12H,4-8H2,1-3H3,(H,21,22). The van der Waals surface area contributed by atoms with E-state index < -0.39 is 5.97 Å². The van der Waals surface area contributed by atoms with Crippen LogP contribution in [0.1, 0.15) is 41.5 Å². The normalized spacial score (nSPS) is 16.0. The molecule has 124 valence electrons. The number of rotatable bonds is 4. The van der Waals surface area contributed by atoms with Crippen molar-refractivity contribution in [1.29, 1.82) is 0 Å². The lowest BCUT2D eigenvalue weighted by atomic mass is 10.1. The molecule has 0 bridgehead atoms. The van der Waals surface area contributed by atoms with Crippen molar-refractivity contribution >= 4 is 17.4 Å². The molecule has 1 fully saturated rings. The Morgan fingerprint density at radius 1 is 1.43 bits per heavy atom. The molecule has 1 aliphatic heterocycles. The van der Waals surface area contributed by atoms with Crippen LogP contribution in [0.15, 0.2) is 6.07 Å². The van der Waals surface area contributed by atoms with E-state index >= 15 is 0 Å². The van der Waals surface area contributed by atoms with Crippen molar-refractivity contribution in [2.24, 2.45) is 0 Å². The number of nitrogens with zero attached hydrogens (tertiary/aromatic N) is 4. The molecule has 0 saturated carbocycles. The van der Waals surface area contributed by atoms with Crippen LogP contribution in [-0.4, -0.2) is 51.5 Å². The Morgan fingerprint density at radius 2 is 2.13 bits per heavy atom. The number of aromatic nitrogens is 3. The van der Waals surface area contributed by atoms with Gasteiger partial charge in [0, 0.05) is 37.4 Å². The van der Waals surface area contributed by atoms with E-state index in [0.717, 1.165) is 44.1 Å². The van der Waals surface area contributed by atoms with Crippen LogP contribution in [0.25, 0.3) is 5.65 Å². The van der Waals surface area contributed by atoms with Crippen LogP contribution in [0.2, 0.25) is 0 Å². The van der Waals surface area contributed by atoms with Gasteiger partial charge in [-0.2, -0.15) is 9.61 Å². The number of hydrogen-bond donors (Lipinski definition) is 1. The molecule has 7 heteroatoms. The van der Waals surface area contributed by atoms with E-state index in [1.165, 1.54) is 0 Å². The molecule has 0 spiro atoms. The molecular formula is C16H22N4O3. The number of aromatic carboxylic acids is 1. The molecule has 0 aliphatic carbocycles. The maximum atomic E-state index is 11.6. The first-order valence-electron chi connectivity index (χ1n) is 7.97. The van der Waals surface area contributed by atoms with E-state index in [2.05, 4.69) is 21.9 Å². The summed E-state index contributed by atoms with van der Waals surface area (Å²) in [5.41, 5.74) is 2.15. The Labute approximate surface area is 134 Å². The molecule has 0 atom stereocenters. The number of carboxylic acid groups (broad SMARTS) is 1. The highest BCUT2D eigenvalue weighted by molar-refractivity contribution is 5.89. The fourth-order valence-corrected chi connectivity index (χ4v) is 3.31. The molecule has 1 N–H and O–H groups in total. The summed E-state index contributed by atoms with van der Waals surface area (Å²) in [4.78, 5) is 18.1. The summed E-state index contributed by atoms with van der Waals surface area (Å²) in [6.07, 6.45) is 1.86. The van der Waals surface area contributed by atoms with Gasteiger partial charge in [0.1, 0.15) is 5.82 Å². The number of fused-ring (bicyclic) bond motifs is 1. The van der Waals surface area contributed by atoms with Gasteiger partial charge in [-0.05, 0) is 33.6 Å². The van der Waals surface area contributed by atoms with Crippen LogP contribution >= 0.6 is 0 Å². The zero-order valence-corrected chi connectivity index (χ0v) is 13.7. The average molecular weight is 318 g/mol. The molecule has 2 aromatic heterocycles. The predicted molar refractivity (Wildman–Crippen MR) is 86.3 cm³/mol. The van der Waals surface area contributed by atoms with Crippen LogP contribution < -0.4 is 4.90 Å². The van der Waals surface area contributed by atoms with Gasteiger partial charge in [-0.15, -0.1) is 0 Å². The Kier molecular flexibility index (Phi) is 4.21. The zero-order valence-electron chi connectivity index (χ0n) is 13.7. The lowest BCUT2D eigenvalue weighted by Crippen LogP contribution is -2.41. The lowest BCUT2D eigenvalue weighted by molar-refractivity contribution is 0.0689. The maximum absolute atomic E-state index is 11.6. The highest BCUT2D eigenvalue weighted by Gasteiger charge is 2.27. The predicted octanol–water partition coefficient (Wildman–Crippen LogP) is 2.05. The van der Waals surface area contributed by atoms with E-state index in [0.29, 0.717) is 17.3 Å². The number of carboxylic acids is 1. The van der Waals surface area contributed by atoms with Gasteiger partial charge in [0.15, 0.2) is 11.3 Å².